The quantitative estimate of drug-likeness (QED) is 0.274. The molecule has 5 aliphatic carbocycles. The number of carbonyl (C=O) groups excluding carboxylic acids is 1. The van der Waals surface area contributed by atoms with E-state index in [4.69, 9.17) is 9.47 Å². The first-order valence-electron chi connectivity index (χ1n) is 19.8. The predicted octanol–water partition coefficient (Wildman–Crippen LogP) is 6.98. The maximum absolute atomic E-state index is 15.5. The number of fused-ring (bicyclic) bond motifs is 2. The van der Waals surface area contributed by atoms with E-state index in [-0.39, 0.29) is 34.7 Å². The minimum Gasteiger partial charge on any atom is -0.490 e. The summed E-state index contributed by atoms with van der Waals surface area (Å²) < 4.78 is 81.7. The van der Waals surface area contributed by atoms with Gasteiger partial charge in [0.1, 0.15) is 17.0 Å². The number of amides is 1. The third kappa shape index (κ3) is 6.44. The zero-order valence-electron chi connectivity index (χ0n) is 31.0. The average molecular weight is 774 g/mol. The standard InChI is InChI=1S/C40H48F5N5O5/c1-36(41,42)32-29(33(51)48-40(34(52)53)25-13-23-12-24(15-25)16-26(40)14-23)18-46-35(47-32)50-21-38(8-10-54-11-9-38)30-17-28(2-3-31(30)50)55-27-4-6-37(7-5-27)19-49(20-37)22-39(43,44)45/h2-3,17-18,23-27H,4-16,19-22H2,1H3,(H,48,51)(H,52,53). The highest BCUT2D eigenvalue weighted by Gasteiger charge is 2.62. The minimum absolute atomic E-state index is 0.0200. The molecule has 4 heterocycles. The Hall–Kier alpha value is -3.59. The van der Waals surface area contributed by atoms with Crippen molar-refractivity contribution in [2.45, 2.75) is 107 Å². The van der Waals surface area contributed by atoms with Crippen LogP contribution in [0.25, 0.3) is 0 Å². The molecule has 1 aromatic carbocycles. The molecule has 10 nitrogen and oxygen atoms in total. The number of hydrogen-bond donors (Lipinski definition) is 2. The van der Waals surface area contributed by atoms with Crippen LogP contribution < -0.4 is 15.0 Å². The molecule has 55 heavy (non-hydrogen) atoms. The molecular formula is C40H48F5N5O5. The molecule has 0 unspecified atom stereocenters. The molecule has 2 N–H and O–H groups in total. The van der Waals surface area contributed by atoms with E-state index in [9.17, 15) is 27.9 Å². The van der Waals surface area contributed by atoms with Crippen molar-refractivity contribution in [2.24, 2.45) is 29.1 Å². The van der Waals surface area contributed by atoms with Crippen LogP contribution in [0.1, 0.15) is 99.2 Å². The van der Waals surface area contributed by atoms with E-state index in [0.29, 0.717) is 95.9 Å². The number of ether oxygens (including phenoxy) is 2. The summed E-state index contributed by atoms with van der Waals surface area (Å²) in [7, 11) is 0. The highest BCUT2D eigenvalue weighted by molar-refractivity contribution is 5.99. The number of carboxylic acids is 1. The number of aromatic nitrogens is 2. The van der Waals surface area contributed by atoms with E-state index in [1.54, 1.807) is 0 Å². The summed E-state index contributed by atoms with van der Waals surface area (Å²) >= 11 is 0. The number of nitrogens with one attached hydrogen (secondary N) is 1. The molecule has 15 heteroatoms. The Morgan fingerprint density at radius 2 is 1.62 bits per heavy atom. The lowest BCUT2D eigenvalue weighted by Gasteiger charge is -2.59. The zero-order chi connectivity index (χ0) is 38.5. The van der Waals surface area contributed by atoms with Crippen molar-refractivity contribution in [3.63, 3.8) is 0 Å². The lowest BCUT2D eigenvalue weighted by molar-refractivity contribution is -0.174. The Balaban J connectivity index is 0.956. The van der Waals surface area contributed by atoms with E-state index in [1.807, 2.05) is 23.1 Å². The third-order valence-corrected chi connectivity index (χ3v) is 14.3. The third-order valence-electron chi connectivity index (χ3n) is 14.3. The SMILES string of the molecule is CC(F)(F)c1nc(N2CC3(CCOCC3)c3cc(OC4CCC5(CC4)CN(CC(F)(F)F)C5)ccc32)ncc1C(=O)NC1(C(=O)O)C2CC3CC(C2)CC1C3. The van der Waals surface area contributed by atoms with Gasteiger partial charge in [-0.05, 0) is 123 Å². The Bertz CT molecular complexity index is 1820. The molecule has 2 spiro atoms. The van der Waals surface area contributed by atoms with E-state index < -0.39 is 47.3 Å². The minimum atomic E-state index is -4.19. The van der Waals surface area contributed by atoms with Crippen LogP contribution in [0.5, 0.6) is 5.75 Å². The monoisotopic (exact) mass is 773 g/mol. The Kier molecular flexibility index (Phi) is 8.73. The second kappa shape index (κ2) is 13.0. The average Bonchev–Trinajstić information content (AvgIpc) is 3.41. The fourth-order valence-corrected chi connectivity index (χ4v) is 12.0. The molecule has 1 amide bonds. The lowest BCUT2D eigenvalue weighted by Crippen LogP contribution is -2.70. The molecule has 2 saturated heterocycles. The van der Waals surface area contributed by atoms with Gasteiger partial charge in [0.25, 0.3) is 11.8 Å². The van der Waals surface area contributed by atoms with Crippen LogP contribution in [0.15, 0.2) is 24.4 Å². The maximum Gasteiger partial charge on any atom is 0.401 e. The Morgan fingerprint density at radius 1 is 0.964 bits per heavy atom. The van der Waals surface area contributed by atoms with Crippen molar-refractivity contribution in [1.29, 1.82) is 0 Å². The van der Waals surface area contributed by atoms with Crippen molar-refractivity contribution in [2.75, 3.05) is 44.3 Å². The predicted molar refractivity (Wildman–Crippen MR) is 189 cm³/mol. The largest absolute Gasteiger partial charge is 0.490 e. The number of anilines is 2. The summed E-state index contributed by atoms with van der Waals surface area (Å²) in [6, 6.07) is 5.74. The number of nitrogens with zero attached hydrogens (tertiary/aromatic N) is 4. The molecule has 3 aliphatic heterocycles. The van der Waals surface area contributed by atoms with Gasteiger partial charge in [-0.2, -0.15) is 22.0 Å². The first-order valence-corrected chi connectivity index (χ1v) is 19.8. The van der Waals surface area contributed by atoms with Crippen molar-refractivity contribution >= 4 is 23.5 Å². The number of alkyl halides is 5. The van der Waals surface area contributed by atoms with Gasteiger partial charge in [-0.3, -0.25) is 9.69 Å². The summed E-state index contributed by atoms with van der Waals surface area (Å²) in [6.45, 7) is 2.18. The number of hydrogen-bond acceptors (Lipinski definition) is 8. The van der Waals surface area contributed by atoms with Crippen LogP contribution in [-0.2, 0) is 20.9 Å². The van der Waals surface area contributed by atoms with Gasteiger partial charge in [0.2, 0.25) is 5.95 Å². The summed E-state index contributed by atoms with van der Waals surface area (Å²) in [4.78, 5) is 39.0. The van der Waals surface area contributed by atoms with Gasteiger partial charge in [0.05, 0.1) is 18.2 Å². The molecule has 0 atom stereocenters. The fourth-order valence-electron chi connectivity index (χ4n) is 12.0. The Morgan fingerprint density at radius 3 is 2.22 bits per heavy atom. The van der Waals surface area contributed by atoms with Gasteiger partial charge < -0.3 is 24.8 Å². The normalized spacial score (nSPS) is 31.1. The van der Waals surface area contributed by atoms with E-state index in [0.717, 1.165) is 49.6 Å². The van der Waals surface area contributed by atoms with E-state index >= 15 is 8.78 Å². The lowest BCUT2D eigenvalue weighted by atomic mass is 9.48. The molecule has 298 valence electrons. The molecule has 5 saturated carbocycles. The summed E-state index contributed by atoms with van der Waals surface area (Å²) in [5.74, 6) is -4.48. The van der Waals surface area contributed by atoms with Crippen LogP contribution in [-0.4, -0.2) is 89.1 Å². The second-order valence-corrected chi connectivity index (χ2v) is 18.0. The van der Waals surface area contributed by atoms with Gasteiger partial charge in [0.15, 0.2) is 0 Å². The Labute approximate surface area is 316 Å². The van der Waals surface area contributed by atoms with Gasteiger partial charge in [-0.1, -0.05) is 0 Å². The van der Waals surface area contributed by atoms with E-state index in [2.05, 4.69) is 15.3 Å². The number of likely N-dealkylation sites (tertiary alicyclic amines) is 1. The summed E-state index contributed by atoms with van der Waals surface area (Å²) in [6.07, 6.45) is 5.22. The molecule has 8 aliphatic rings. The topological polar surface area (TPSA) is 117 Å². The second-order valence-electron chi connectivity index (χ2n) is 18.0. The highest BCUT2D eigenvalue weighted by Crippen LogP contribution is 2.59. The van der Waals surface area contributed by atoms with Crippen molar-refractivity contribution in [3.8, 4) is 5.75 Å². The maximum atomic E-state index is 15.5. The van der Waals surface area contributed by atoms with Crippen LogP contribution in [0.2, 0.25) is 0 Å². The van der Waals surface area contributed by atoms with Crippen molar-refractivity contribution < 1.29 is 46.1 Å². The first kappa shape index (κ1) is 37.0. The molecular weight excluding hydrogens is 725 g/mol. The fraction of sp³-hybridized carbons (Fsp3) is 0.700. The smallest absolute Gasteiger partial charge is 0.401 e. The van der Waals surface area contributed by atoms with Crippen LogP contribution in [0.4, 0.5) is 33.6 Å². The molecule has 2 aromatic rings. The zero-order valence-corrected chi connectivity index (χ0v) is 31.0. The number of rotatable bonds is 8. The number of halogens is 5. The summed E-state index contributed by atoms with van der Waals surface area (Å²) in [5.41, 5.74) is -1.44. The van der Waals surface area contributed by atoms with Gasteiger partial charge in [-0.25, -0.2) is 14.8 Å². The molecule has 1 aromatic heterocycles. The van der Waals surface area contributed by atoms with Gasteiger partial charge >= 0.3 is 12.1 Å². The molecule has 4 bridgehead atoms. The number of benzene rings is 1. The number of carboxylic acid groups (broad SMARTS) is 1. The first-order chi connectivity index (χ1) is 26.0. The highest BCUT2D eigenvalue weighted by atomic mass is 19.4. The van der Waals surface area contributed by atoms with E-state index in [1.165, 1.54) is 4.90 Å². The summed E-state index contributed by atoms with van der Waals surface area (Å²) in [5, 5.41) is 13.3. The molecule has 10 rings (SSSR count). The van der Waals surface area contributed by atoms with Crippen molar-refractivity contribution in [3.05, 3.63) is 41.2 Å². The molecule has 7 fully saturated rings. The van der Waals surface area contributed by atoms with Crippen LogP contribution in [0.3, 0.4) is 0 Å². The number of carbonyl (C=O) groups is 2. The van der Waals surface area contributed by atoms with Crippen LogP contribution in [0, 0.1) is 29.1 Å². The van der Waals surface area contributed by atoms with Crippen molar-refractivity contribution in [1.82, 2.24) is 20.2 Å². The van der Waals surface area contributed by atoms with Gasteiger partial charge in [0, 0.05) is 57.1 Å². The van der Waals surface area contributed by atoms with Crippen LogP contribution >= 0.6 is 0 Å². The number of aliphatic carboxylic acids is 1. The molecule has 0 radical (unpaired) electrons. The van der Waals surface area contributed by atoms with Gasteiger partial charge in [-0.15, -0.1) is 0 Å².